The lowest BCUT2D eigenvalue weighted by molar-refractivity contribution is 0.0778. The number of aromatic nitrogens is 5. The number of hydrogen-bond acceptors (Lipinski definition) is 5. The van der Waals surface area contributed by atoms with Gasteiger partial charge in [0.2, 0.25) is 5.95 Å². The van der Waals surface area contributed by atoms with Crippen molar-refractivity contribution in [1.82, 2.24) is 34.2 Å². The van der Waals surface area contributed by atoms with E-state index in [0.717, 1.165) is 13.0 Å². The lowest BCUT2D eigenvalue weighted by Gasteiger charge is -2.23. The van der Waals surface area contributed by atoms with Crippen LogP contribution in [0.5, 0.6) is 0 Å². The van der Waals surface area contributed by atoms with Crippen molar-refractivity contribution in [2.24, 2.45) is 0 Å². The van der Waals surface area contributed by atoms with Crippen LogP contribution in [0.3, 0.4) is 0 Å². The molecular formula is C19H22FN7O2. The van der Waals surface area contributed by atoms with Crippen molar-refractivity contribution in [3.8, 4) is 5.95 Å². The van der Waals surface area contributed by atoms with E-state index in [1.165, 1.54) is 15.4 Å². The number of amides is 1. The number of aromatic amines is 1. The summed E-state index contributed by atoms with van der Waals surface area (Å²) in [5.74, 6) is 0.150. The van der Waals surface area contributed by atoms with Crippen LogP contribution in [0.15, 0.2) is 29.3 Å². The highest BCUT2D eigenvalue weighted by Crippen LogP contribution is 2.24. The topological polar surface area (TPSA) is 91.5 Å². The lowest BCUT2D eigenvalue weighted by Crippen LogP contribution is -2.37. The van der Waals surface area contributed by atoms with E-state index in [9.17, 15) is 14.0 Å². The summed E-state index contributed by atoms with van der Waals surface area (Å²) in [6.07, 6.45) is 3.87. The van der Waals surface area contributed by atoms with Crippen molar-refractivity contribution in [1.29, 1.82) is 0 Å². The maximum absolute atomic E-state index is 13.5. The van der Waals surface area contributed by atoms with E-state index in [4.69, 9.17) is 0 Å². The number of fused-ring (bicyclic) bond motifs is 1. The van der Waals surface area contributed by atoms with Crippen molar-refractivity contribution in [3.05, 3.63) is 46.1 Å². The Labute approximate surface area is 165 Å². The van der Waals surface area contributed by atoms with Crippen LogP contribution in [-0.4, -0.2) is 78.5 Å². The third kappa shape index (κ3) is 3.03. The molecule has 0 aromatic carbocycles. The van der Waals surface area contributed by atoms with E-state index in [1.54, 1.807) is 30.2 Å². The molecule has 2 fully saturated rings. The Morgan fingerprint density at radius 2 is 2.14 bits per heavy atom. The average molecular weight is 399 g/mol. The van der Waals surface area contributed by atoms with Gasteiger partial charge < -0.3 is 4.90 Å². The zero-order valence-electron chi connectivity index (χ0n) is 16.1. The molecule has 9 nitrogen and oxygen atoms in total. The normalized spacial score (nSPS) is 22.8. The Balaban J connectivity index is 1.38. The summed E-state index contributed by atoms with van der Waals surface area (Å²) in [7, 11) is 0. The number of alkyl halides is 1. The first kappa shape index (κ1) is 18.0. The number of carbonyl (C=O) groups is 1. The van der Waals surface area contributed by atoms with Gasteiger partial charge in [0.25, 0.3) is 11.5 Å². The second kappa shape index (κ2) is 6.80. The molecule has 2 atom stereocenters. The van der Waals surface area contributed by atoms with Gasteiger partial charge in [0, 0.05) is 38.4 Å². The summed E-state index contributed by atoms with van der Waals surface area (Å²) in [4.78, 5) is 31.9. The van der Waals surface area contributed by atoms with Gasteiger partial charge >= 0.3 is 0 Å². The molecule has 5 heterocycles. The maximum atomic E-state index is 13.5. The molecule has 29 heavy (non-hydrogen) atoms. The lowest BCUT2D eigenvalue weighted by atomic mass is 10.2. The van der Waals surface area contributed by atoms with Crippen LogP contribution in [0.2, 0.25) is 0 Å². The fraction of sp³-hybridized carbons (Fsp3) is 0.474. The molecule has 0 radical (unpaired) electrons. The first-order valence-electron chi connectivity index (χ1n) is 9.81. The fourth-order valence-corrected chi connectivity index (χ4v) is 4.33. The minimum atomic E-state index is -0.757. The van der Waals surface area contributed by atoms with Gasteiger partial charge in [-0.3, -0.25) is 19.5 Å². The van der Waals surface area contributed by atoms with Crippen molar-refractivity contribution >= 4 is 11.4 Å². The highest BCUT2D eigenvalue weighted by Gasteiger charge is 2.35. The molecular weight excluding hydrogens is 377 g/mol. The van der Waals surface area contributed by atoms with Crippen LogP contribution in [0.4, 0.5) is 4.39 Å². The quantitative estimate of drug-likeness (QED) is 0.703. The summed E-state index contributed by atoms with van der Waals surface area (Å²) in [5.41, 5.74) is 1.25. The molecule has 3 aromatic heterocycles. The van der Waals surface area contributed by atoms with Crippen LogP contribution in [0.1, 0.15) is 28.9 Å². The molecule has 3 aromatic rings. The van der Waals surface area contributed by atoms with Crippen LogP contribution in [-0.2, 0) is 0 Å². The number of nitrogens with zero attached hydrogens (tertiary/aromatic N) is 6. The number of H-pyrrole nitrogens is 1. The minimum absolute atomic E-state index is 0.100. The SMILES string of the molecule is Cc1c(C(=O)N2CCC(N3CC[C@H](F)C3)C2)cnn1-c1nn2cccc2c(=O)[nH]1. The Morgan fingerprint density at radius 3 is 2.93 bits per heavy atom. The second-order valence-electron chi connectivity index (χ2n) is 7.75. The second-order valence-corrected chi connectivity index (χ2v) is 7.75. The molecule has 0 bridgehead atoms. The monoisotopic (exact) mass is 399 g/mol. The molecule has 1 N–H and O–H groups in total. The highest BCUT2D eigenvalue weighted by atomic mass is 19.1. The summed E-state index contributed by atoms with van der Waals surface area (Å²) < 4.78 is 16.5. The van der Waals surface area contributed by atoms with Crippen molar-refractivity contribution < 1.29 is 9.18 Å². The van der Waals surface area contributed by atoms with Gasteiger partial charge in [0.15, 0.2) is 0 Å². The number of hydrogen-bond donors (Lipinski definition) is 1. The third-order valence-electron chi connectivity index (χ3n) is 5.96. The molecule has 2 aliphatic rings. The van der Waals surface area contributed by atoms with Gasteiger partial charge in [-0.1, -0.05) is 0 Å². The van der Waals surface area contributed by atoms with Gasteiger partial charge in [-0.2, -0.15) is 5.10 Å². The van der Waals surface area contributed by atoms with E-state index in [2.05, 4.69) is 20.1 Å². The molecule has 1 amide bonds. The van der Waals surface area contributed by atoms with Crippen molar-refractivity contribution in [2.75, 3.05) is 26.2 Å². The van der Waals surface area contributed by atoms with Crippen LogP contribution in [0, 0.1) is 6.92 Å². The molecule has 1 unspecified atom stereocenters. The third-order valence-corrected chi connectivity index (χ3v) is 5.96. The molecule has 10 heteroatoms. The summed E-state index contributed by atoms with van der Waals surface area (Å²) in [5, 5.41) is 8.64. The Hall–Kier alpha value is -3.01. The zero-order chi connectivity index (χ0) is 20.1. The van der Waals surface area contributed by atoms with Crippen molar-refractivity contribution in [2.45, 2.75) is 32.0 Å². The van der Waals surface area contributed by atoms with E-state index < -0.39 is 6.17 Å². The molecule has 2 saturated heterocycles. The average Bonchev–Trinajstić information content (AvgIpc) is 3.47. The standard InChI is InChI=1S/C19H22FN7O2/c1-12-15(18(29)25-8-5-14(11-25)24-7-4-13(20)10-24)9-21-27(12)19-22-17(28)16-3-2-6-26(16)23-19/h2-3,6,9,13-14H,4-5,7-8,10-11H2,1H3,(H,22,23,28)/t13-,14?/m0/s1. The zero-order valence-corrected chi connectivity index (χ0v) is 16.1. The fourth-order valence-electron chi connectivity index (χ4n) is 4.33. The van der Waals surface area contributed by atoms with Gasteiger partial charge in [0.1, 0.15) is 11.7 Å². The molecule has 5 rings (SSSR count). The Bertz CT molecular complexity index is 1130. The van der Waals surface area contributed by atoms with E-state index >= 15 is 0 Å². The molecule has 0 aliphatic carbocycles. The number of nitrogens with one attached hydrogen (secondary N) is 1. The first-order chi connectivity index (χ1) is 14.0. The summed E-state index contributed by atoms with van der Waals surface area (Å²) in [6.45, 7) is 4.24. The predicted octanol–water partition coefficient (Wildman–Crippen LogP) is 0.775. The largest absolute Gasteiger partial charge is 0.337 e. The molecule has 152 valence electrons. The molecule has 2 aliphatic heterocycles. The van der Waals surface area contributed by atoms with Crippen LogP contribution < -0.4 is 5.56 Å². The smallest absolute Gasteiger partial charge is 0.276 e. The summed E-state index contributed by atoms with van der Waals surface area (Å²) in [6, 6.07) is 3.63. The number of carbonyl (C=O) groups excluding carboxylic acids is 1. The van der Waals surface area contributed by atoms with E-state index in [1.807, 2.05) is 0 Å². The number of rotatable bonds is 3. The molecule has 0 saturated carbocycles. The van der Waals surface area contributed by atoms with Crippen molar-refractivity contribution in [3.63, 3.8) is 0 Å². The Morgan fingerprint density at radius 1 is 1.28 bits per heavy atom. The number of likely N-dealkylation sites (tertiary alicyclic amines) is 2. The first-order valence-corrected chi connectivity index (χ1v) is 9.81. The maximum Gasteiger partial charge on any atom is 0.276 e. The minimum Gasteiger partial charge on any atom is -0.337 e. The number of halogens is 1. The van der Waals surface area contributed by atoms with Gasteiger partial charge in [-0.15, -0.1) is 5.10 Å². The van der Waals surface area contributed by atoms with Crippen LogP contribution >= 0.6 is 0 Å². The highest BCUT2D eigenvalue weighted by molar-refractivity contribution is 5.95. The van der Waals surface area contributed by atoms with Gasteiger partial charge in [-0.25, -0.2) is 13.6 Å². The van der Waals surface area contributed by atoms with Gasteiger partial charge in [-0.05, 0) is 31.9 Å². The van der Waals surface area contributed by atoms with E-state index in [0.29, 0.717) is 42.8 Å². The van der Waals surface area contributed by atoms with Crippen LogP contribution in [0.25, 0.3) is 11.5 Å². The Kier molecular flexibility index (Phi) is 4.23. The van der Waals surface area contributed by atoms with Gasteiger partial charge in [0.05, 0.1) is 17.5 Å². The predicted molar refractivity (Wildman–Crippen MR) is 103 cm³/mol. The molecule has 0 spiro atoms. The summed E-state index contributed by atoms with van der Waals surface area (Å²) >= 11 is 0. The van der Waals surface area contributed by atoms with E-state index in [-0.39, 0.29) is 23.5 Å².